The third-order valence-electron chi connectivity index (χ3n) is 3.88. The summed E-state index contributed by atoms with van der Waals surface area (Å²) in [5.41, 5.74) is 4.36. The molecule has 1 aliphatic rings. The molecule has 1 unspecified atom stereocenters. The first-order valence-corrected chi connectivity index (χ1v) is 7.30. The molecule has 1 atom stereocenters. The average molecular weight is 258 g/mol. The Hall–Kier alpha value is -1.12. The summed E-state index contributed by atoms with van der Waals surface area (Å²) in [6.45, 7) is 8.92. The van der Waals surface area contributed by atoms with Crippen LogP contribution in [-0.4, -0.2) is 31.6 Å². The summed E-state index contributed by atoms with van der Waals surface area (Å²) in [5.74, 6) is 0.583. The lowest BCUT2D eigenvalue weighted by Crippen LogP contribution is -2.28. The fraction of sp³-hybridized carbons (Fsp3) is 0.529. The predicted molar refractivity (Wildman–Crippen MR) is 82.4 cm³/mol. The zero-order valence-corrected chi connectivity index (χ0v) is 12.4. The van der Waals surface area contributed by atoms with Crippen LogP contribution in [0, 0.1) is 0 Å². The van der Waals surface area contributed by atoms with Crippen LogP contribution < -0.4 is 5.32 Å². The number of hydrogen-bond acceptors (Lipinski definition) is 2. The number of nitrogens with one attached hydrogen (secondary N) is 1. The Kier molecular flexibility index (Phi) is 5.17. The molecule has 0 radical (unpaired) electrons. The highest BCUT2D eigenvalue weighted by molar-refractivity contribution is 5.25. The van der Waals surface area contributed by atoms with E-state index in [1.54, 1.807) is 0 Å². The molecule has 0 aromatic heterocycles. The van der Waals surface area contributed by atoms with Crippen LogP contribution in [0.15, 0.2) is 35.9 Å². The highest BCUT2D eigenvalue weighted by Gasteiger charge is 2.10. The molecule has 0 bridgehead atoms. The van der Waals surface area contributed by atoms with Gasteiger partial charge in [-0.2, -0.15) is 0 Å². The van der Waals surface area contributed by atoms with Gasteiger partial charge in [0.15, 0.2) is 0 Å². The maximum Gasteiger partial charge on any atom is 0.0237 e. The van der Waals surface area contributed by atoms with Gasteiger partial charge < -0.3 is 5.32 Å². The summed E-state index contributed by atoms with van der Waals surface area (Å²) in [7, 11) is 2.01. The van der Waals surface area contributed by atoms with E-state index in [-0.39, 0.29) is 0 Å². The molecule has 0 aliphatic carbocycles. The minimum absolute atomic E-state index is 0.583. The average Bonchev–Trinajstić information content (AvgIpc) is 2.40. The van der Waals surface area contributed by atoms with Gasteiger partial charge in [0.2, 0.25) is 0 Å². The first kappa shape index (κ1) is 14.3. The maximum absolute atomic E-state index is 3.24. The van der Waals surface area contributed by atoms with Crippen molar-refractivity contribution in [2.24, 2.45) is 0 Å². The fourth-order valence-corrected chi connectivity index (χ4v) is 2.76. The molecule has 2 heteroatoms. The number of likely N-dealkylation sites (N-methyl/N-ethyl adjacent to an activating group) is 1. The van der Waals surface area contributed by atoms with Crippen LogP contribution in [0.2, 0.25) is 0 Å². The number of rotatable bonds is 5. The van der Waals surface area contributed by atoms with Gasteiger partial charge >= 0.3 is 0 Å². The van der Waals surface area contributed by atoms with Crippen molar-refractivity contribution in [2.75, 3.05) is 26.7 Å². The van der Waals surface area contributed by atoms with Gasteiger partial charge in [-0.3, -0.25) is 4.90 Å². The molecule has 1 aromatic rings. The van der Waals surface area contributed by atoms with Gasteiger partial charge in [0, 0.05) is 26.2 Å². The van der Waals surface area contributed by atoms with E-state index in [9.17, 15) is 0 Å². The van der Waals surface area contributed by atoms with Crippen LogP contribution in [-0.2, 0) is 6.54 Å². The molecule has 1 heterocycles. The normalized spacial score (nSPS) is 18.2. The Morgan fingerprint density at radius 3 is 2.63 bits per heavy atom. The Bertz CT molecular complexity index is 419. The van der Waals surface area contributed by atoms with Crippen molar-refractivity contribution >= 4 is 0 Å². The zero-order chi connectivity index (χ0) is 13.7. The van der Waals surface area contributed by atoms with Crippen LogP contribution in [0.5, 0.6) is 0 Å². The smallest absolute Gasteiger partial charge is 0.0237 e. The number of hydrogen-bond donors (Lipinski definition) is 1. The monoisotopic (exact) mass is 258 g/mol. The minimum Gasteiger partial charge on any atom is -0.319 e. The molecule has 0 spiro atoms. The van der Waals surface area contributed by atoms with E-state index in [1.165, 1.54) is 29.7 Å². The van der Waals surface area contributed by atoms with Gasteiger partial charge in [0.25, 0.3) is 0 Å². The quantitative estimate of drug-likeness (QED) is 0.816. The molecule has 1 N–H and O–H groups in total. The van der Waals surface area contributed by atoms with Gasteiger partial charge in [0.1, 0.15) is 0 Å². The largest absolute Gasteiger partial charge is 0.319 e. The van der Waals surface area contributed by atoms with E-state index in [4.69, 9.17) is 0 Å². The van der Waals surface area contributed by atoms with Crippen LogP contribution >= 0.6 is 0 Å². The summed E-state index contributed by atoms with van der Waals surface area (Å²) < 4.78 is 0. The molecule has 1 aliphatic heterocycles. The van der Waals surface area contributed by atoms with Gasteiger partial charge in [-0.15, -0.1) is 0 Å². The zero-order valence-electron chi connectivity index (χ0n) is 12.4. The summed E-state index contributed by atoms with van der Waals surface area (Å²) in [5, 5.41) is 3.24. The van der Waals surface area contributed by atoms with Crippen molar-refractivity contribution in [3.05, 3.63) is 47.0 Å². The van der Waals surface area contributed by atoms with E-state index in [0.717, 1.165) is 19.6 Å². The first-order valence-electron chi connectivity index (χ1n) is 7.30. The van der Waals surface area contributed by atoms with Crippen molar-refractivity contribution < 1.29 is 0 Å². The molecule has 2 nitrogen and oxygen atoms in total. The van der Waals surface area contributed by atoms with Crippen molar-refractivity contribution in [3.63, 3.8) is 0 Å². The van der Waals surface area contributed by atoms with Gasteiger partial charge in [0.05, 0.1) is 0 Å². The molecule has 0 saturated heterocycles. The second kappa shape index (κ2) is 6.88. The lowest BCUT2D eigenvalue weighted by atomic mass is 9.99. The van der Waals surface area contributed by atoms with E-state index in [2.05, 4.69) is 54.4 Å². The Morgan fingerprint density at radius 1 is 1.26 bits per heavy atom. The molecular formula is C17H26N2. The van der Waals surface area contributed by atoms with Crippen molar-refractivity contribution in [2.45, 2.75) is 32.7 Å². The van der Waals surface area contributed by atoms with Crippen molar-refractivity contribution in [1.29, 1.82) is 0 Å². The van der Waals surface area contributed by atoms with E-state index in [0.29, 0.717) is 5.92 Å². The molecule has 19 heavy (non-hydrogen) atoms. The molecular weight excluding hydrogens is 232 g/mol. The van der Waals surface area contributed by atoms with Crippen molar-refractivity contribution in [3.8, 4) is 0 Å². The topological polar surface area (TPSA) is 15.3 Å². The maximum atomic E-state index is 3.24. The first-order chi connectivity index (χ1) is 9.19. The molecule has 2 rings (SSSR count). The molecule has 104 valence electrons. The van der Waals surface area contributed by atoms with E-state index in [1.807, 2.05) is 7.05 Å². The third kappa shape index (κ3) is 4.19. The standard InChI is InChI=1S/C17H26N2/c1-14-5-4-10-19(12-14)13-16-6-8-17(9-7-16)15(2)11-18-3/h5-9,15,18H,4,10-13H2,1-3H3. The summed E-state index contributed by atoms with van der Waals surface area (Å²) >= 11 is 0. The molecule has 1 aromatic carbocycles. The Morgan fingerprint density at radius 2 is 2.00 bits per heavy atom. The highest BCUT2D eigenvalue weighted by atomic mass is 15.1. The second-order valence-corrected chi connectivity index (χ2v) is 5.75. The van der Waals surface area contributed by atoms with Crippen molar-refractivity contribution in [1.82, 2.24) is 10.2 Å². The van der Waals surface area contributed by atoms with Crippen LogP contribution in [0.1, 0.15) is 37.3 Å². The summed E-state index contributed by atoms with van der Waals surface area (Å²) in [6.07, 6.45) is 3.56. The lowest BCUT2D eigenvalue weighted by Gasteiger charge is -2.26. The van der Waals surface area contributed by atoms with E-state index < -0.39 is 0 Å². The molecule has 0 fully saturated rings. The van der Waals surface area contributed by atoms with Gasteiger partial charge in [-0.05, 0) is 37.4 Å². The number of benzene rings is 1. The van der Waals surface area contributed by atoms with E-state index >= 15 is 0 Å². The lowest BCUT2D eigenvalue weighted by molar-refractivity contribution is 0.282. The molecule has 0 amide bonds. The Labute approximate surface area is 117 Å². The van der Waals surface area contributed by atoms with Crippen LogP contribution in [0.3, 0.4) is 0 Å². The van der Waals surface area contributed by atoms with Gasteiger partial charge in [-0.25, -0.2) is 0 Å². The second-order valence-electron chi connectivity index (χ2n) is 5.75. The third-order valence-corrected chi connectivity index (χ3v) is 3.88. The van der Waals surface area contributed by atoms with Gasteiger partial charge in [-0.1, -0.05) is 42.8 Å². The van der Waals surface area contributed by atoms with Crippen LogP contribution in [0.4, 0.5) is 0 Å². The summed E-state index contributed by atoms with van der Waals surface area (Å²) in [4.78, 5) is 2.53. The summed E-state index contributed by atoms with van der Waals surface area (Å²) in [6, 6.07) is 9.14. The molecule has 0 saturated carbocycles. The fourth-order valence-electron chi connectivity index (χ4n) is 2.76. The number of nitrogens with zero attached hydrogens (tertiary/aromatic N) is 1. The highest BCUT2D eigenvalue weighted by Crippen LogP contribution is 2.17. The predicted octanol–water partition coefficient (Wildman–Crippen LogP) is 3.16. The van der Waals surface area contributed by atoms with Crippen LogP contribution in [0.25, 0.3) is 0 Å². The Balaban J connectivity index is 1.93. The minimum atomic E-state index is 0.583. The SMILES string of the molecule is CNCC(C)c1ccc(CN2CCC=C(C)C2)cc1.